The van der Waals surface area contributed by atoms with E-state index in [9.17, 15) is 26.0 Å². The maximum atomic E-state index is 14.9. The largest absolute Gasteiger partial charge is 0.420 e. The molecule has 15 heteroatoms. The third-order valence-corrected chi connectivity index (χ3v) is 7.68. The number of nitrogens with one attached hydrogen (secondary N) is 2. The maximum absolute atomic E-state index is 14.9. The number of anilines is 1. The van der Waals surface area contributed by atoms with Gasteiger partial charge in [0.1, 0.15) is 34.8 Å². The summed E-state index contributed by atoms with van der Waals surface area (Å²) in [6.07, 6.45) is 0.280. The highest BCUT2D eigenvalue weighted by atomic mass is 35.5. The fraction of sp³-hybridized carbons (Fsp3) is 0.435. The first kappa shape index (κ1) is 28.2. The minimum atomic E-state index is -4.77. The number of hydrogen-bond acceptors (Lipinski definition) is 7. The highest BCUT2D eigenvalue weighted by Gasteiger charge is 2.36. The zero-order valence-electron chi connectivity index (χ0n) is 20.6. The van der Waals surface area contributed by atoms with E-state index >= 15 is 0 Å². The Balaban J connectivity index is 1.62. The molecule has 1 aliphatic rings. The number of piperidine rings is 1. The van der Waals surface area contributed by atoms with E-state index in [1.807, 2.05) is 6.92 Å². The Bertz CT molecular complexity index is 1380. The first-order chi connectivity index (χ1) is 17.9. The van der Waals surface area contributed by atoms with Gasteiger partial charge in [-0.1, -0.05) is 18.5 Å². The zero-order valence-corrected chi connectivity index (χ0v) is 22.1. The van der Waals surface area contributed by atoms with Gasteiger partial charge in [0.25, 0.3) is 0 Å². The molecule has 0 unspecified atom stereocenters. The lowest BCUT2D eigenvalue weighted by molar-refractivity contribution is -0.137. The number of sulfonamides is 1. The second-order valence-electron chi connectivity index (χ2n) is 8.89. The Labute approximate surface area is 222 Å². The van der Waals surface area contributed by atoms with E-state index < -0.39 is 33.3 Å². The lowest BCUT2D eigenvalue weighted by atomic mass is 10.1. The van der Waals surface area contributed by atoms with Crippen molar-refractivity contribution in [3.63, 3.8) is 0 Å². The molecule has 9 nitrogen and oxygen atoms in total. The van der Waals surface area contributed by atoms with Crippen molar-refractivity contribution in [3.8, 4) is 17.1 Å². The molecule has 1 aromatic carbocycles. The van der Waals surface area contributed by atoms with Crippen LogP contribution >= 0.6 is 11.6 Å². The van der Waals surface area contributed by atoms with Crippen LogP contribution in [0.2, 0.25) is 5.02 Å². The molecule has 4 rings (SSSR count). The van der Waals surface area contributed by atoms with Crippen molar-refractivity contribution >= 4 is 27.6 Å². The summed E-state index contributed by atoms with van der Waals surface area (Å²) in [7, 11) is -3.32. The van der Waals surface area contributed by atoms with Crippen LogP contribution in [0.1, 0.15) is 30.9 Å². The Kier molecular flexibility index (Phi) is 8.26. The Morgan fingerprint density at radius 2 is 1.89 bits per heavy atom. The van der Waals surface area contributed by atoms with Gasteiger partial charge in [-0.3, -0.25) is 0 Å². The number of nitrogens with zero attached hydrogens (tertiary/aromatic N) is 5. The van der Waals surface area contributed by atoms with Gasteiger partial charge in [0.05, 0.1) is 11.3 Å². The second kappa shape index (κ2) is 11.1. The van der Waals surface area contributed by atoms with Crippen molar-refractivity contribution in [1.82, 2.24) is 29.1 Å². The van der Waals surface area contributed by atoms with Crippen LogP contribution in [0.15, 0.2) is 30.9 Å². The molecule has 2 aromatic heterocycles. The van der Waals surface area contributed by atoms with Gasteiger partial charge in [0.2, 0.25) is 16.0 Å². The summed E-state index contributed by atoms with van der Waals surface area (Å²) in [5.41, 5.74) is -1.17. The standard InChI is InChI=1S/C23H26ClF4N7O2S/c1-3-29-10-14-8-17(24)21(18(25)9-14)34-12-19(31-13-34)20-16(23(26,27)28)11-30-22(33-20)32-15-4-6-35(7-5-15)38(2,36)37/h8-9,11-13,15,29H,3-7,10H2,1-2H3,(H,30,32,33). The van der Waals surface area contributed by atoms with Crippen LogP contribution in [0.5, 0.6) is 0 Å². The van der Waals surface area contributed by atoms with Crippen LogP contribution in [0.3, 0.4) is 0 Å². The molecule has 1 fully saturated rings. The number of alkyl halides is 3. The van der Waals surface area contributed by atoms with Crippen LogP contribution in [0.4, 0.5) is 23.5 Å². The molecule has 0 saturated carbocycles. The van der Waals surface area contributed by atoms with E-state index in [1.54, 1.807) is 6.07 Å². The molecule has 1 saturated heterocycles. The Morgan fingerprint density at radius 3 is 2.50 bits per heavy atom. The molecule has 3 aromatic rings. The lowest BCUT2D eigenvalue weighted by Gasteiger charge is -2.30. The summed E-state index contributed by atoms with van der Waals surface area (Å²) in [6, 6.07) is 2.64. The summed E-state index contributed by atoms with van der Waals surface area (Å²) < 4.78 is 82.3. The monoisotopic (exact) mass is 575 g/mol. The van der Waals surface area contributed by atoms with Gasteiger partial charge in [-0.05, 0) is 37.1 Å². The highest BCUT2D eigenvalue weighted by Crippen LogP contribution is 2.36. The maximum Gasteiger partial charge on any atom is 0.420 e. The number of imidazole rings is 1. The average Bonchev–Trinajstić information content (AvgIpc) is 3.31. The first-order valence-corrected chi connectivity index (χ1v) is 14.0. The van der Waals surface area contributed by atoms with Crippen molar-refractivity contribution in [2.75, 3.05) is 31.2 Å². The molecule has 0 bridgehead atoms. The molecule has 0 radical (unpaired) electrons. The van der Waals surface area contributed by atoms with Gasteiger partial charge >= 0.3 is 6.18 Å². The molecular formula is C23H26ClF4N7O2S. The van der Waals surface area contributed by atoms with Crippen molar-refractivity contribution in [3.05, 3.63) is 52.8 Å². The summed E-state index contributed by atoms with van der Waals surface area (Å²) in [6.45, 7) is 3.54. The van der Waals surface area contributed by atoms with Gasteiger partial charge in [0, 0.05) is 38.1 Å². The van der Waals surface area contributed by atoms with Gasteiger partial charge in [-0.25, -0.2) is 32.1 Å². The quantitative estimate of drug-likeness (QED) is 0.390. The van der Waals surface area contributed by atoms with E-state index in [0.29, 0.717) is 37.7 Å². The van der Waals surface area contributed by atoms with E-state index in [2.05, 4.69) is 25.6 Å². The van der Waals surface area contributed by atoms with Gasteiger partial charge in [-0.2, -0.15) is 13.2 Å². The number of benzene rings is 1. The number of aromatic nitrogens is 4. The lowest BCUT2D eigenvalue weighted by Crippen LogP contribution is -2.42. The van der Waals surface area contributed by atoms with Crippen LogP contribution in [-0.2, 0) is 22.7 Å². The fourth-order valence-corrected chi connectivity index (χ4v) is 5.37. The number of halogens is 5. The van der Waals surface area contributed by atoms with Crippen molar-refractivity contribution in [2.45, 2.75) is 38.5 Å². The van der Waals surface area contributed by atoms with Gasteiger partial charge < -0.3 is 15.2 Å². The highest BCUT2D eigenvalue weighted by molar-refractivity contribution is 7.88. The van der Waals surface area contributed by atoms with E-state index in [1.165, 1.54) is 27.5 Å². The van der Waals surface area contributed by atoms with Crippen molar-refractivity contribution in [1.29, 1.82) is 0 Å². The fourth-order valence-electron chi connectivity index (χ4n) is 4.17. The molecule has 3 heterocycles. The topological polar surface area (TPSA) is 105 Å². The third kappa shape index (κ3) is 6.42. The molecule has 0 aliphatic carbocycles. The first-order valence-electron chi connectivity index (χ1n) is 11.8. The van der Waals surface area contributed by atoms with Crippen LogP contribution in [-0.4, -0.2) is 64.2 Å². The van der Waals surface area contributed by atoms with Crippen LogP contribution in [0.25, 0.3) is 17.1 Å². The predicted octanol–water partition coefficient (Wildman–Crippen LogP) is 4.09. The smallest absolute Gasteiger partial charge is 0.351 e. The summed E-state index contributed by atoms with van der Waals surface area (Å²) in [5.74, 6) is -0.715. The summed E-state index contributed by atoms with van der Waals surface area (Å²) in [5, 5.41) is 6.13. The van der Waals surface area contributed by atoms with E-state index in [-0.39, 0.29) is 41.5 Å². The molecule has 0 amide bonds. The Morgan fingerprint density at radius 1 is 1.18 bits per heavy atom. The minimum Gasteiger partial charge on any atom is -0.351 e. The number of rotatable bonds is 8. The average molecular weight is 576 g/mol. The summed E-state index contributed by atoms with van der Waals surface area (Å²) in [4.78, 5) is 12.0. The van der Waals surface area contributed by atoms with Crippen molar-refractivity contribution < 1.29 is 26.0 Å². The Hall–Kier alpha value is -2.81. The van der Waals surface area contributed by atoms with E-state index in [4.69, 9.17) is 11.6 Å². The molecule has 2 N–H and O–H groups in total. The third-order valence-electron chi connectivity index (χ3n) is 6.09. The minimum absolute atomic E-state index is 0.0516. The predicted molar refractivity (Wildman–Crippen MR) is 135 cm³/mol. The number of hydrogen-bond donors (Lipinski definition) is 2. The molecule has 1 aliphatic heterocycles. The second-order valence-corrected chi connectivity index (χ2v) is 11.3. The van der Waals surface area contributed by atoms with E-state index in [0.717, 1.165) is 6.26 Å². The molecule has 0 spiro atoms. The van der Waals surface area contributed by atoms with Gasteiger partial charge in [0.15, 0.2) is 0 Å². The summed E-state index contributed by atoms with van der Waals surface area (Å²) >= 11 is 6.31. The normalized spacial score (nSPS) is 15.7. The van der Waals surface area contributed by atoms with Crippen LogP contribution in [0, 0.1) is 5.82 Å². The molecule has 0 atom stereocenters. The molecular weight excluding hydrogens is 550 g/mol. The SMILES string of the molecule is CCNCc1cc(F)c(-n2cnc(-c3nc(NC4CCN(S(C)(=O)=O)CC4)ncc3C(F)(F)F)c2)c(Cl)c1. The van der Waals surface area contributed by atoms with Crippen LogP contribution < -0.4 is 10.6 Å². The molecule has 206 valence electrons. The van der Waals surface area contributed by atoms with Crippen molar-refractivity contribution in [2.24, 2.45) is 0 Å². The molecule has 38 heavy (non-hydrogen) atoms. The van der Waals surface area contributed by atoms with Gasteiger partial charge in [-0.15, -0.1) is 0 Å². The zero-order chi connectivity index (χ0) is 27.7.